The molecule has 16 aromatic rings. The maximum atomic E-state index is 10.0. The summed E-state index contributed by atoms with van der Waals surface area (Å²) in [6, 6.07) is 65.8. The van der Waals surface area contributed by atoms with Gasteiger partial charge in [0.1, 0.15) is 23.3 Å². The van der Waals surface area contributed by atoms with Crippen molar-refractivity contribution in [3.63, 3.8) is 0 Å². The number of ether oxygens (including phenoxy) is 1. The molecule has 1 aliphatic carbocycles. The van der Waals surface area contributed by atoms with Crippen molar-refractivity contribution >= 4 is 92.9 Å². The van der Waals surface area contributed by atoms with Crippen LogP contribution in [-0.4, -0.2) is 43.2 Å². The fourth-order valence-electron chi connectivity index (χ4n) is 13.9. The number of fused-ring (bicyclic) bond motifs is 21. The van der Waals surface area contributed by atoms with Crippen LogP contribution in [0.25, 0.3) is 126 Å². The molecule has 1 spiro atoms. The van der Waals surface area contributed by atoms with Gasteiger partial charge in [-0.25, -0.2) is 9.83 Å². The van der Waals surface area contributed by atoms with Crippen LogP contribution in [0, 0.1) is 17.9 Å². The average Bonchev–Trinajstić information content (AvgIpc) is 4.01. The van der Waals surface area contributed by atoms with Gasteiger partial charge < -0.3 is 23.0 Å². The third-order valence-corrected chi connectivity index (χ3v) is 17.2. The molecule has 1 aliphatic heterocycles. The highest BCUT2D eigenvalue weighted by molar-refractivity contribution is 6.13. The Bertz CT molecular complexity index is 5180. The first kappa shape index (κ1) is 44.3. The van der Waals surface area contributed by atoms with Crippen LogP contribution >= 0.6 is 0 Å². The van der Waals surface area contributed by atoms with Gasteiger partial charge in [-0.2, -0.15) is 5.26 Å². The fraction of sp³-hybridized carbons (Fsp3) is 0.0143. The first-order valence-electron chi connectivity index (χ1n) is 26.9. The molecule has 0 fully saturated rings. The SMILES string of the molecule is [C-]#[N+]c1ccc2c(c1)c1ccccc1n2-c1ccc2c(c1)Oc1cc(-n3c4cnccc4c4cc(C#N)ncc43)ccc1C21c2cc(-n3c4ccccc4c4ccccc43)cnc2-c2ncc(-n3c4ccccc4c4ccncc43)cc21. The van der Waals surface area contributed by atoms with E-state index in [0.717, 1.165) is 144 Å². The van der Waals surface area contributed by atoms with E-state index in [4.69, 9.17) is 21.3 Å². The number of para-hydroxylation sites is 4. The lowest BCUT2D eigenvalue weighted by Crippen LogP contribution is -2.32. The monoisotopic (exact) mass is 1050 g/mol. The molecule has 10 heterocycles. The fourth-order valence-corrected chi connectivity index (χ4v) is 13.9. The Morgan fingerprint density at radius 1 is 0.390 bits per heavy atom. The molecule has 0 saturated heterocycles. The summed E-state index contributed by atoms with van der Waals surface area (Å²) in [5.74, 6) is 1.29. The highest BCUT2D eigenvalue weighted by atomic mass is 16.5. The molecule has 7 aromatic carbocycles. The predicted octanol–water partition coefficient (Wildman–Crippen LogP) is 15.9. The lowest BCUT2D eigenvalue weighted by Gasteiger charge is -2.39. The predicted molar refractivity (Wildman–Crippen MR) is 321 cm³/mol. The topological polar surface area (TPSA) is 122 Å². The number of pyridine rings is 5. The van der Waals surface area contributed by atoms with E-state index in [2.05, 4.69) is 190 Å². The molecular weight excluding hydrogens is 1010 g/mol. The molecule has 0 N–H and O–H groups in total. The van der Waals surface area contributed by atoms with Crippen LogP contribution in [0.3, 0.4) is 0 Å². The molecule has 0 bridgehead atoms. The zero-order valence-electron chi connectivity index (χ0n) is 43.2. The van der Waals surface area contributed by atoms with Gasteiger partial charge in [0.2, 0.25) is 0 Å². The number of rotatable bonds is 4. The minimum atomic E-state index is -1.08. The van der Waals surface area contributed by atoms with Crippen LogP contribution in [0.1, 0.15) is 27.9 Å². The maximum absolute atomic E-state index is 10.0. The zero-order chi connectivity index (χ0) is 53.9. The van der Waals surface area contributed by atoms with Gasteiger partial charge in [0.15, 0.2) is 5.69 Å². The molecule has 0 saturated carbocycles. The van der Waals surface area contributed by atoms with Crippen LogP contribution in [0.15, 0.2) is 225 Å². The second kappa shape index (κ2) is 16.2. The van der Waals surface area contributed by atoms with Gasteiger partial charge in [-0.1, -0.05) is 91.0 Å². The van der Waals surface area contributed by atoms with Gasteiger partial charge >= 0.3 is 0 Å². The average molecular weight is 1050 g/mol. The first-order valence-corrected chi connectivity index (χ1v) is 26.9. The largest absolute Gasteiger partial charge is 0.457 e. The van der Waals surface area contributed by atoms with Crippen LogP contribution in [0.5, 0.6) is 11.5 Å². The molecule has 82 heavy (non-hydrogen) atoms. The molecule has 0 radical (unpaired) electrons. The quantitative estimate of drug-likeness (QED) is 0.161. The van der Waals surface area contributed by atoms with Crippen molar-refractivity contribution in [3.05, 3.63) is 265 Å². The molecule has 378 valence electrons. The summed E-state index contributed by atoms with van der Waals surface area (Å²) in [7, 11) is 0. The molecule has 0 amide bonds. The number of nitriles is 1. The van der Waals surface area contributed by atoms with E-state index in [-0.39, 0.29) is 0 Å². The molecule has 12 heteroatoms. The van der Waals surface area contributed by atoms with E-state index in [1.165, 1.54) is 0 Å². The summed E-state index contributed by atoms with van der Waals surface area (Å²) in [6.07, 6.45) is 13.2. The zero-order valence-corrected chi connectivity index (χ0v) is 43.2. The van der Waals surface area contributed by atoms with Crippen molar-refractivity contribution in [2.75, 3.05) is 0 Å². The minimum Gasteiger partial charge on any atom is -0.457 e. The van der Waals surface area contributed by atoms with Gasteiger partial charge in [-0.15, -0.1) is 0 Å². The normalized spacial score (nSPS) is 14.2. The molecule has 2 aliphatic rings. The smallest absolute Gasteiger partial charge is 0.188 e. The van der Waals surface area contributed by atoms with Gasteiger partial charge in [-0.3, -0.25) is 19.9 Å². The number of aromatic nitrogens is 9. The summed E-state index contributed by atoms with van der Waals surface area (Å²) in [6.45, 7) is 7.92. The Kier molecular flexibility index (Phi) is 8.73. The van der Waals surface area contributed by atoms with Crippen molar-refractivity contribution in [3.8, 4) is 51.7 Å². The van der Waals surface area contributed by atoms with E-state index in [1.54, 1.807) is 12.4 Å². The number of benzene rings is 7. The van der Waals surface area contributed by atoms with Crippen molar-refractivity contribution in [1.82, 2.24) is 43.2 Å². The summed E-state index contributed by atoms with van der Waals surface area (Å²) in [5, 5.41) is 18.4. The molecule has 1 atom stereocenters. The third kappa shape index (κ3) is 5.73. The highest BCUT2D eigenvalue weighted by Gasteiger charge is 2.53. The van der Waals surface area contributed by atoms with E-state index >= 15 is 0 Å². The van der Waals surface area contributed by atoms with Crippen LogP contribution < -0.4 is 4.74 Å². The van der Waals surface area contributed by atoms with Crippen LogP contribution in [0.4, 0.5) is 5.69 Å². The van der Waals surface area contributed by atoms with Crippen molar-refractivity contribution in [1.29, 1.82) is 5.26 Å². The lowest BCUT2D eigenvalue weighted by molar-refractivity contribution is 0.436. The van der Waals surface area contributed by atoms with E-state index in [0.29, 0.717) is 22.9 Å². The van der Waals surface area contributed by atoms with E-state index in [1.807, 2.05) is 67.4 Å². The Morgan fingerprint density at radius 2 is 0.829 bits per heavy atom. The van der Waals surface area contributed by atoms with Gasteiger partial charge in [0.25, 0.3) is 0 Å². The standard InChI is InChI=1S/C70H37N11O/c1-72-40-18-23-62-52(28-40)49-13-5-9-17-61(49)78(62)42-19-21-54-66(32-42)82-67-33-43(79-64-38-74-27-25-51(64)53-29-41(34-71)75-39-65(53)79)20-22-55(67)70(54)56-30-44(80-58-14-6-2-10-46(58)47-11-3-7-15-59(47)80)35-76-68(56)69-57(70)31-45(36-77-69)81-60-16-8-4-12-48(60)50-24-26-73-37-63(50)81/h2-33,35-39H. The second-order valence-corrected chi connectivity index (χ2v) is 21.1. The van der Waals surface area contributed by atoms with Crippen molar-refractivity contribution in [2.45, 2.75) is 5.41 Å². The highest BCUT2D eigenvalue weighted by Crippen LogP contribution is 2.63. The second-order valence-electron chi connectivity index (χ2n) is 21.1. The molecule has 18 rings (SSSR count). The Balaban J connectivity index is 0.967. The van der Waals surface area contributed by atoms with Crippen LogP contribution in [-0.2, 0) is 5.41 Å². The van der Waals surface area contributed by atoms with Crippen molar-refractivity contribution < 1.29 is 4.74 Å². The first-order chi connectivity index (χ1) is 40.6. The lowest BCUT2D eigenvalue weighted by atomic mass is 9.66. The Hall–Kier alpha value is -11.7. The molecule has 1 unspecified atom stereocenters. The van der Waals surface area contributed by atoms with Crippen LogP contribution in [0.2, 0.25) is 0 Å². The summed E-state index contributed by atoms with van der Waals surface area (Å²) in [5.41, 5.74) is 16.4. The summed E-state index contributed by atoms with van der Waals surface area (Å²) >= 11 is 0. The molecule has 9 aromatic heterocycles. The van der Waals surface area contributed by atoms with E-state index in [9.17, 15) is 5.26 Å². The molecule has 12 nitrogen and oxygen atoms in total. The summed E-state index contributed by atoms with van der Waals surface area (Å²) < 4.78 is 16.5. The third-order valence-electron chi connectivity index (χ3n) is 17.2. The van der Waals surface area contributed by atoms with Gasteiger partial charge in [-0.05, 0) is 84.2 Å². The summed E-state index contributed by atoms with van der Waals surface area (Å²) in [4.78, 5) is 28.7. The number of hydrogen-bond donors (Lipinski definition) is 0. The number of nitrogens with zero attached hydrogens (tertiary/aromatic N) is 11. The van der Waals surface area contributed by atoms with Crippen molar-refractivity contribution in [2.24, 2.45) is 0 Å². The maximum Gasteiger partial charge on any atom is 0.188 e. The Labute approximate surface area is 465 Å². The van der Waals surface area contributed by atoms with Gasteiger partial charge in [0.05, 0.1) is 116 Å². The van der Waals surface area contributed by atoms with E-state index < -0.39 is 5.41 Å². The Morgan fingerprint density at radius 3 is 1.37 bits per heavy atom. The van der Waals surface area contributed by atoms with Gasteiger partial charge in [0, 0.05) is 90.2 Å². The molecular formula is C70H37N11O. The minimum absolute atomic E-state index is 0.333. The number of hydrogen-bond acceptors (Lipinski definition) is 7.